The van der Waals surface area contributed by atoms with E-state index in [1.165, 1.54) is 30.3 Å². The van der Waals surface area contributed by atoms with Crippen LogP contribution in [0, 0.1) is 10.1 Å². The number of carbonyl (C=O) groups is 3. The van der Waals surface area contributed by atoms with E-state index in [0.717, 1.165) is 6.08 Å². The van der Waals surface area contributed by atoms with Crippen molar-refractivity contribution in [3.05, 3.63) is 70.3 Å². The third kappa shape index (κ3) is 6.03. The molecule has 1 atom stereocenters. The van der Waals surface area contributed by atoms with Crippen molar-refractivity contribution in [2.24, 2.45) is 0 Å². The number of benzene rings is 2. The Hall–Kier alpha value is -4.41. The fraction of sp³-hybridized carbons (Fsp3) is 0.150. The van der Waals surface area contributed by atoms with E-state index in [0.29, 0.717) is 17.1 Å². The van der Waals surface area contributed by atoms with Gasteiger partial charge in [-0.1, -0.05) is 12.1 Å². The number of ether oxygens (including phenoxy) is 3. The molecule has 11 heteroatoms. The van der Waals surface area contributed by atoms with Gasteiger partial charge in [0.15, 0.2) is 18.1 Å². The first kappa shape index (κ1) is 21.3. The predicted octanol–water partition coefficient (Wildman–Crippen LogP) is 1.14. The molecule has 2 aromatic rings. The van der Waals surface area contributed by atoms with Crippen molar-refractivity contribution in [1.82, 2.24) is 10.9 Å². The van der Waals surface area contributed by atoms with E-state index in [1.807, 2.05) is 0 Å². The number of nitrogens with one attached hydrogen (secondary N) is 2. The summed E-state index contributed by atoms with van der Waals surface area (Å²) >= 11 is 0. The van der Waals surface area contributed by atoms with Crippen LogP contribution in [0.25, 0.3) is 6.08 Å². The van der Waals surface area contributed by atoms with Crippen molar-refractivity contribution in [2.75, 3.05) is 13.2 Å². The van der Waals surface area contributed by atoms with Gasteiger partial charge in [0.25, 0.3) is 17.5 Å². The Bertz CT molecular complexity index is 1020. The highest BCUT2D eigenvalue weighted by atomic mass is 16.6. The molecule has 2 aromatic carbocycles. The highest BCUT2D eigenvalue weighted by Gasteiger charge is 2.27. The fourth-order valence-electron chi connectivity index (χ4n) is 2.45. The van der Waals surface area contributed by atoms with Crippen molar-refractivity contribution in [3.63, 3.8) is 0 Å². The molecule has 3 rings (SSSR count). The second-order valence-electron chi connectivity index (χ2n) is 6.19. The van der Waals surface area contributed by atoms with Crippen LogP contribution in [-0.4, -0.2) is 42.0 Å². The van der Waals surface area contributed by atoms with Crippen LogP contribution in [0.5, 0.6) is 11.5 Å². The van der Waals surface area contributed by atoms with Gasteiger partial charge in [-0.25, -0.2) is 4.79 Å². The second-order valence-corrected chi connectivity index (χ2v) is 6.19. The fourth-order valence-corrected chi connectivity index (χ4v) is 2.45. The summed E-state index contributed by atoms with van der Waals surface area (Å²) in [4.78, 5) is 45.6. The molecule has 11 nitrogen and oxygen atoms in total. The number of fused-ring (bicyclic) bond motifs is 1. The Morgan fingerprint density at radius 2 is 1.81 bits per heavy atom. The number of esters is 1. The Morgan fingerprint density at radius 3 is 2.52 bits per heavy atom. The molecule has 0 fully saturated rings. The van der Waals surface area contributed by atoms with Gasteiger partial charge in [0, 0.05) is 18.2 Å². The summed E-state index contributed by atoms with van der Waals surface area (Å²) in [7, 11) is 0. The van der Waals surface area contributed by atoms with E-state index >= 15 is 0 Å². The largest absolute Gasteiger partial charge is 0.485 e. The Labute approximate surface area is 175 Å². The van der Waals surface area contributed by atoms with Gasteiger partial charge in [0.05, 0.1) is 4.92 Å². The minimum atomic E-state index is -0.956. The highest BCUT2D eigenvalue weighted by Crippen LogP contribution is 2.30. The summed E-state index contributed by atoms with van der Waals surface area (Å²) in [6.07, 6.45) is 1.49. The van der Waals surface area contributed by atoms with E-state index in [-0.39, 0.29) is 12.3 Å². The first-order chi connectivity index (χ1) is 14.9. The van der Waals surface area contributed by atoms with Gasteiger partial charge >= 0.3 is 5.97 Å². The zero-order valence-electron chi connectivity index (χ0n) is 16.0. The van der Waals surface area contributed by atoms with Crippen LogP contribution in [0.3, 0.4) is 0 Å². The number of amides is 2. The van der Waals surface area contributed by atoms with Crippen molar-refractivity contribution in [1.29, 1.82) is 0 Å². The van der Waals surface area contributed by atoms with Crippen molar-refractivity contribution >= 4 is 29.5 Å². The summed E-state index contributed by atoms with van der Waals surface area (Å²) in [6.45, 7) is -0.657. The normalized spacial score (nSPS) is 14.5. The highest BCUT2D eigenvalue weighted by molar-refractivity contribution is 5.90. The first-order valence-electron chi connectivity index (χ1n) is 8.99. The number of rotatable bonds is 6. The van der Waals surface area contributed by atoms with Gasteiger partial charge in [-0.2, -0.15) is 0 Å². The van der Waals surface area contributed by atoms with Gasteiger partial charge in [-0.3, -0.25) is 30.6 Å². The molecule has 2 N–H and O–H groups in total. The van der Waals surface area contributed by atoms with Crippen LogP contribution in [0.4, 0.5) is 5.69 Å². The summed E-state index contributed by atoms with van der Waals surface area (Å²) in [5.41, 5.74) is 4.74. The van der Waals surface area contributed by atoms with Gasteiger partial charge in [0.1, 0.15) is 6.61 Å². The topological polar surface area (TPSA) is 146 Å². The maximum absolute atomic E-state index is 12.1. The van der Waals surface area contributed by atoms with E-state index in [1.54, 1.807) is 24.3 Å². The maximum atomic E-state index is 12.1. The summed E-state index contributed by atoms with van der Waals surface area (Å²) in [5, 5.41) is 10.6. The predicted molar refractivity (Wildman–Crippen MR) is 106 cm³/mol. The van der Waals surface area contributed by atoms with Crippen LogP contribution in [-0.2, 0) is 19.1 Å². The molecule has 1 unspecified atom stereocenters. The lowest BCUT2D eigenvalue weighted by Crippen LogP contribution is -2.51. The number of carbonyl (C=O) groups excluding carboxylic acids is 3. The van der Waals surface area contributed by atoms with Crippen molar-refractivity contribution in [2.45, 2.75) is 6.10 Å². The summed E-state index contributed by atoms with van der Waals surface area (Å²) < 4.78 is 15.7. The lowest BCUT2D eigenvalue weighted by atomic mass is 10.2. The van der Waals surface area contributed by atoms with Gasteiger partial charge < -0.3 is 14.2 Å². The Balaban J connectivity index is 1.38. The number of nitro benzene ring substituents is 1. The average Bonchev–Trinajstić information content (AvgIpc) is 2.79. The van der Waals surface area contributed by atoms with Crippen LogP contribution in [0.1, 0.15) is 5.56 Å². The number of non-ortho nitro benzene ring substituents is 1. The molecule has 1 heterocycles. The minimum Gasteiger partial charge on any atom is -0.485 e. The van der Waals surface area contributed by atoms with Gasteiger partial charge in [-0.05, 0) is 35.9 Å². The molecule has 0 aliphatic carbocycles. The SMILES string of the molecule is O=C(COC(=O)/C=C/c1ccc([N+](=O)[O-])cc1)NNC(=O)C1COc2ccccc2O1. The third-order valence-corrected chi connectivity index (χ3v) is 3.99. The second kappa shape index (κ2) is 9.87. The van der Waals surface area contributed by atoms with Crippen LogP contribution >= 0.6 is 0 Å². The van der Waals surface area contributed by atoms with Crippen LogP contribution in [0.15, 0.2) is 54.6 Å². The zero-order valence-corrected chi connectivity index (χ0v) is 16.0. The number of hydrazine groups is 1. The standard InChI is InChI=1S/C20H17N3O8/c24-18(12-30-19(25)10-7-13-5-8-14(9-6-13)23(27)28)21-22-20(26)17-11-29-15-3-1-2-4-16(15)31-17/h1-10,17H,11-12H2,(H,21,24)(H,22,26)/b10-7+. The number of para-hydroxylation sites is 2. The Kier molecular flexibility index (Phi) is 6.78. The third-order valence-electron chi connectivity index (χ3n) is 3.99. The van der Waals surface area contributed by atoms with Crippen LogP contribution < -0.4 is 20.3 Å². The van der Waals surface area contributed by atoms with E-state index in [9.17, 15) is 24.5 Å². The molecular formula is C20H17N3O8. The van der Waals surface area contributed by atoms with Gasteiger partial charge in [-0.15, -0.1) is 0 Å². The lowest BCUT2D eigenvalue weighted by Gasteiger charge is -2.25. The van der Waals surface area contributed by atoms with E-state index < -0.39 is 35.4 Å². The molecule has 1 aliphatic rings. The summed E-state index contributed by atoms with van der Waals surface area (Å²) in [5.74, 6) is -1.27. The molecule has 0 radical (unpaired) electrons. The van der Waals surface area contributed by atoms with E-state index in [2.05, 4.69) is 10.9 Å². The monoisotopic (exact) mass is 427 g/mol. The van der Waals surface area contributed by atoms with E-state index in [4.69, 9.17) is 14.2 Å². The molecule has 0 saturated heterocycles. The summed E-state index contributed by atoms with van der Waals surface area (Å²) in [6, 6.07) is 12.4. The number of nitrogens with zero attached hydrogens (tertiary/aromatic N) is 1. The molecule has 31 heavy (non-hydrogen) atoms. The Morgan fingerprint density at radius 1 is 1.10 bits per heavy atom. The number of hydrogen-bond donors (Lipinski definition) is 2. The molecule has 160 valence electrons. The van der Waals surface area contributed by atoms with Crippen LogP contribution in [0.2, 0.25) is 0 Å². The molecular weight excluding hydrogens is 410 g/mol. The lowest BCUT2D eigenvalue weighted by molar-refractivity contribution is -0.384. The smallest absolute Gasteiger partial charge is 0.331 e. The molecule has 1 aliphatic heterocycles. The maximum Gasteiger partial charge on any atom is 0.331 e. The number of nitro groups is 1. The minimum absolute atomic E-state index is 0.0266. The van der Waals surface area contributed by atoms with Crippen molar-refractivity contribution < 1.29 is 33.5 Å². The molecule has 0 bridgehead atoms. The quantitative estimate of drug-likeness (QED) is 0.302. The van der Waals surface area contributed by atoms with Crippen molar-refractivity contribution in [3.8, 4) is 11.5 Å². The molecule has 2 amide bonds. The molecule has 0 spiro atoms. The number of hydrogen-bond acceptors (Lipinski definition) is 8. The van der Waals surface area contributed by atoms with Gasteiger partial charge in [0.2, 0.25) is 6.10 Å². The molecule has 0 saturated carbocycles. The zero-order chi connectivity index (χ0) is 22.2. The first-order valence-corrected chi connectivity index (χ1v) is 8.99. The average molecular weight is 427 g/mol. The molecule has 0 aromatic heterocycles.